The topological polar surface area (TPSA) is 52.0 Å². The second kappa shape index (κ2) is 5.31. The maximum Gasteiger partial charge on any atom is 0.230 e. The van der Waals surface area contributed by atoms with Crippen molar-refractivity contribution in [2.45, 2.75) is 0 Å². The fraction of sp³-hybridized carbons (Fsp3) is 0. The Kier molecular flexibility index (Phi) is 3.51. The van der Waals surface area contributed by atoms with E-state index in [1.807, 2.05) is 48.5 Å². The highest BCUT2D eigenvalue weighted by atomic mass is 79.9. The van der Waals surface area contributed by atoms with E-state index in [9.17, 15) is 0 Å². The van der Waals surface area contributed by atoms with Gasteiger partial charge >= 0.3 is 0 Å². The molecule has 0 amide bonds. The van der Waals surface area contributed by atoms with Crippen LogP contribution >= 0.6 is 27.5 Å². The van der Waals surface area contributed by atoms with Gasteiger partial charge in [0.15, 0.2) is 0 Å². The zero-order valence-corrected chi connectivity index (χ0v) is 12.6. The van der Waals surface area contributed by atoms with Crippen molar-refractivity contribution in [1.82, 2.24) is 5.16 Å². The SMILES string of the molecule is Nc1onc(-c2cccc(Br)c2)c1-c1ccccc1Cl. The lowest BCUT2D eigenvalue weighted by Gasteiger charge is -2.05. The summed E-state index contributed by atoms with van der Waals surface area (Å²) in [6.45, 7) is 0. The minimum Gasteiger partial charge on any atom is -0.367 e. The lowest BCUT2D eigenvalue weighted by Crippen LogP contribution is -1.88. The molecule has 0 spiro atoms. The third-order valence-corrected chi connectivity index (χ3v) is 3.78. The lowest BCUT2D eigenvalue weighted by molar-refractivity contribution is 0.439. The van der Waals surface area contributed by atoms with E-state index in [-0.39, 0.29) is 5.88 Å². The highest BCUT2D eigenvalue weighted by molar-refractivity contribution is 9.10. The van der Waals surface area contributed by atoms with Gasteiger partial charge in [0.1, 0.15) is 5.69 Å². The highest BCUT2D eigenvalue weighted by Crippen LogP contribution is 2.39. The number of nitrogen functional groups attached to an aromatic ring is 1. The third kappa shape index (κ3) is 2.32. The van der Waals surface area contributed by atoms with Crippen LogP contribution in [0, 0.1) is 0 Å². The Balaban J connectivity index is 2.23. The van der Waals surface area contributed by atoms with Gasteiger partial charge in [-0.1, -0.05) is 63.0 Å². The van der Waals surface area contributed by atoms with Gasteiger partial charge in [0.05, 0.1) is 5.56 Å². The minimum absolute atomic E-state index is 0.257. The van der Waals surface area contributed by atoms with E-state index in [0.29, 0.717) is 16.3 Å². The Morgan fingerprint density at radius 1 is 1.10 bits per heavy atom. The molecular weight excluding hydrogens is 340 g/mol. The van der Waals surface area contributed by atoms with Crippen molar-refractivity contribution in [3.05, 3.63) is 58.0 Å². The van der Waals surface area contributed by atoms with E-state index in [1.54, 1.807) is 0 Å². The molecule has 3 nitrogen and oxygen atoms in total. The number of halogens is 2. The van der Waals surface area contributed by atoms with Crippen LogP contribution in [0.1, 0.15) is 0 Å². The highest BCUT2D eigenvalue weighted by Gasteiger charge is 2.19. The molecule has 0 radical (unpaired) electrons. The first-order valence-electron chi connectivity index (χ1n) is 5.93. The summed E-state index contributed by atoms with van der Waals surface area (Å²) in [4.78, 5) is 0. The summed E-state index contributed by atoms with van der Waals surface area (Å²) < 4.78 is 6.11. The maximum atomic E-state index is 6.24. The lowest BCUT2D eigenvalue weighted by atomic mass is 10.0. The molecule has 0 saturated carbocycles. The number of benzene rings is 2. The Bertz CT molecular complexity index is 770. The van der Waals surface area contributed by atoms with E-state index < -0.39 is 0 Å². The van der Waals surface area contributed by atoms with Crippen molar-refractivity contribution < 1.29 is 4.52 Å². The van der Waals surface area contributed by atoms with E-state index in [1.165, 1.54) is 0 Å². The second-order valence-electron chi connectivity index (χ2n) is 4.26. The zero-order valence-electron chi connectivity index (χ0n) is 10.3. The van der Waals surface area contributed by atoms with Gasteiger partial charge in [-0.15, -0.1) is 0 Å². The molecule has 3 rings (SSSR count). The van der Waals surface area contributed by atoms with Gasteiger partial charge in [0, 0.05) is 20.6 Å². The van der Waals surface area contributed by atoms with Crippen molar-refractivity contribution in [3.63, 3.8) is 0 Å². The number of hydrogen-bond acceptors (Lipinski definition) is 3. The van der Waals surface area contributed by atoms with E-state index >= 15 is 0 Å². The summed E-state index contributed by atoms with van der Waals surface area (Å²) >= 11 is 9.69. The van der Waals surface area contributed by atoms with Gasteiger partial charge < -0.3 is 10.3 Å². The molecule has 1 aromatic heterocycles. The second-order valence-corrected chi connectivity index (χ2v) is 5.58. The number of anilines is 1. The van der Waals surface area contributed by atoms with Crippen molar-refractivity contribution in [3.8, 4) is 22.4 Å². The van der Waals surface area contributed by atoms with Crippen LogP contribution < -0.4 is 5.73 Å². The van der Waals surface area contributed by atoms with Crippen LogP contribution in [-0.4, -0.2) is 5.16 Å². The summed E-state index contributed by atoms with van der Waals surface area (Å²) in [5, 5.41) is 4.67. The largest absolute Gasteiger partial charge is 0.367 e. The first-order valence-corrected chi connectivity index (χ1v) is 7.10. The molecule has 0 aliphatic carbocycles. The molecule has 0 unspecified atom stereocenters. The first kappa shape index (κ1) is 13.2. The smallest absolute Gasteiger partial charge is 0.230 e. The number of nitrogens with two attached hydrogens (primary N) is 1. The molecule has 0 bridgehead atoms. The van der Waals surface area contributed by atoms with Gasteiger partial charge in [0.2, 0.25) is 5.88 Å². The molecule has 1 heterocycles. The molecule has 0 fully saturated rings. The van der Waals surface area contributed by atoms with Crippen molar-refractivity contribution in [2.24, 2.45) is 0 Å². The fourth-order valence-corrected chi connectivity index (χ4v) is 2.69. The average molecular weight is 350 g/mol. The van der Waals surface area contributed by atoms with Gasteiger partial charge in [-0.25, -0.2) is 0 Å². The number of aromatic nitrogens is 1. The predicted molar refractivity (Wildman–Crippen MR) is 84.5 cm³/mol. The summed E-state index contributed by atoms with van der Waals surface area (Å²) in [5.74, 6) is 0.257. The van der Waals surface area contributed by atoms with Crippen LogP contribution in [0.3, 0.4) is 0 Å². The molecule has 5 heteroatoms. The maximum absolute atomic E-state index is 6.24. The number of rotatable bonds is 2. The molecule has 0 aliphatic heterocycles. The van der Waals surface area contributed by atoms with Crippen LogP contribution in [0.2, 0.25) is 5.02 Å². The van der Waals surface area contributed by atoms with Gasteiger partial charge in [-0.2, -0.15) is 0 Å². The van der Waals surface area contributed by atoms with Crippen LogP contribution in [0.25, 0.3) is 22.4 Å². The first-order chi connectivity index (χ1) is 9.66. The monoisotopic (exact) mass is 348 g/mol. The van der Waals surface area contributed by atoms with Gasteiger partial charge in [-0.3, -0.25) is 0 Å². The number of hydrogen-bond donors (Lipinski definition) is 1. The van der Waals surface area contributed by atoms with Crippen LogP contribution in [0.15, 0.2) is 57.5 Å². The molecule has 3 aromatic rings. The van der Waals surface area contributed by atoms with Crippen molar-refractivity contribution in [1.29, 1.82) is 0 Å². The quantitative estimate of drug-likeness (QED) is 0.708. The van der Waals surface area contributed by atoms with Crippen LogP contribution in [0.4, 0.5) is 5.88 Å². The minimum atomic E-state index is 0.257. The van der Waals surface area contributed by atoms with Crippen molar-refractivity contribution >= 4 is 33.4 Å². The summed E-state index contributed by atoms with van der Waals surface area (Å²) in [6, 6.07) is 15.3. The Labute approximate surface area is 129 Å². The molecule has 2 N–H and O–H groups in total. The molecule has 100 valence electrons. The van der Waals surface area contributed by atoms with Crippen molar-refractivity contribution in [2.75, 3.05) is 5.73 Å². The Morgan fingerprint density at radius 3 is 2.65 bits per heavy atom. The molecule has 20 heavy (non-hydrogen) atoms. The standard InChI is InChI=1S/C15H10BrClN2O/c16-10-5-3-4-9(8-10)14-13(15(18)20-19-14)11-6-1-2-7-12(11)17/h1-8H,18H2. The Morgan fingerprint density at radius 2 is 1.90 bits per heavy atom. The molecule has 0 atom stereocenters. The Hall–Kier alpha value is -1.78. The number of nitrogens with zero attached hydrogens (tertiary/aromatic N) is 1. The van der Waals surface area contributed by atoms with Gasteiger partial charge in [-0.05, 0) is 18.2 Å². The summed E-state index contributed by atoms with van der Waals surface area (Å²) in [5.41, 5.74) is 9.03. The molecule has 0 aliphatic rings. The molecular formula is C15H10BrClN2O. The predicted octanol–water partition coefficient (Wildman–Crippen LogP) is 5.01. The summed E-state index contributed by atoms with van der Waals surface area (Å²) in [7, 11) is 0. The molecule has 0 saturated heterocycles. The van der Waals surface area contributed by atoms with E-state index in [2.05, 4.69) is 21.1 Å². The zero-order chi connectivity index (χ0) is 14.1. The third-order valence-electron chi connectivity index (χ3n) is 2.96. The molecule has 2 aromatic carbocycles. The average Bonchev–Trinajstić information content (AvgIpc) is 2.81. The summed E-state index contributed by atoms with van der Waals surface area (Å²) in [6.07, 6.45) is 0. The fourth-order valence-electron chi connectivity index (χ4n) is 2.06. The van der Waals surface area contributed by atoms with E-state index in [4.69, 9.17) is 21.9 Å². The van der Waals surface area contributed by atoms with Crippen LogP contribution in [-0.2, 0) is 0 Å². The van der Waals surface area contributed by atoms with E-state index in [0.717, 1.165) is 15.6 Å². The normalized spacial score (nSPS) is 10.7. The van der Waals surface area contributed by atoms with Gasteiger partial charge in [0.25, 0.3) is 0 Å². The van der Waals surface area contributed by atoms with Crippen LogP contribution in [0.5, 0.6) is 0 Å².